The van der Waals surface area contributed by atoms with Gasteiger partial charge in [0.1, 0.15) is 23.2 Å². The molecule has 3 saturated carbocycles. The number of aromatic hydroxyl groups is 2. The van der Waals surface area contributed by atoms with E-state index in [-0.39, 0.29) is 76.5 Å². The summed E-state index contributed by atoms with van der Waals surface area (Å²) < 4.78 is 15.5. The van der Waals surface area contributed by atoms with E-state index in [1.807, 2.05) is 44.2 Å². The Morgan fingerprint density at radius 3 is 2.36 bits per heavy atom. The highest BCUT2D eigenvalue weighted by molar-refractivity contribution is 6.48. The van der Waals surface area contributed by atoms with Gasteiger partial charge in [0.25, 0.3) is 17.7 Å². The molecule has 3 heterocycles. The standard InChI is InChI=1S/C51H62BN9O8/c1-8-54-49(66)46-59-58-45(37-26-36(30(4)5)41(62)27-42(37)63)61(46)35-16-14-33(15-17-35)50(67)60(7)21-18-51-38-24-34(31(38)6)25-43(51)68-52(69-51)44(22-29(2)3)57-47(64)39(23-32-12-10-9-11-13-32)56-48(65)40-28-53-19-20-55-40/h9-17,19-20,26-31,34,38-39,43-44,62-63H,8,18,21-25H2,1-7H3,(H,54,66)(H,56,65)(H,57,64)/t31?,34-,38-,39+,43+,44+,51-/m1/s1. The average Bonchev–Trinajstić information content (AvgIpc) is 3.96. The van der Waals surface area contributed by atoms with Crippen LogP contribution in [-0.2, 0) is 20.5 Å². The summed E-state index contributed by atoms with van der Waals surface area (Å²) in [5, 5.41) is 38.9. The molecule has 4 aliphatic rings. The van der Waals surface area contributed by atoms with Gasteiger partial charge >= 0.3 is 7.12 Å². The van der Waals surface area contributed by atoms with Crippen LogP contribution in [0.1, 0.15) is 116 Å². The number of hydrogen-bond donors (Lipinski definition) is 5. The van der Waals surface area contributed by atoms with Gasteiger partial charge in [-0.3, -0.25) is 28.7 Å². The van der Waals surface area contributed by atoms with Gasteiger partial charge < -0.3 is 40.4 Å². The Morgan fingerprint density at radius 2 is 1.70 bits per heavy atom. The minimum atomic E-state index is -0.928. The van der Waals surface area contributed by atoms with Crippen molar-refractivity contribution in [3.63, 3.8) is 0 Å². The Bertz CT molecular complexity index is 2650. The molecular weight excluding hydrogens is 877 g/mol. The van der Waals surface area contributed by atoms with E-state index in [1.54, 1.807) is 49.2 Å². The highest BCUT2D eigenvalue weighted by Gasteiger charge is 2.66. The second-order valence-electron chi connectivity index (χ2n) is 19.5. The van der Waals surface area contributed by atoms with E-state index in [9.17, 15) is 29.4 Å². The number of aromatic nitrogens is 5. The Kier molecular flexibility index (Phi) is 14.5. The van der Waals surface area contributed by atoms with Crippen molar-refractivity contribution in [2.24, 2.45) is 23.7 Å². The molecule has 4 amide bonds. The number of phenolic OH excluding ortho intramolecular Hbond substituents is 2. The van der Waals surface area contributed by atoms with Crippen molar-refractivity contribution in [2.75, 3.05) is 20.1 Å². The summed E-state index contributed by atoms with van der Waals surface area (Å²) in [7, 11) is 1.00. The monoisotopic (exact) mass is 939 g/mol. The SMILES string of the molecule is CCNC(=O)c1nnc(-c2cc(C(C)C)c(O)cc2O)n1-c1ccc(C(=O)N(C)CC[C@]23OB([C@H](CC(C)C)NC(=O)[C@H](Cc4ccccc4)NC(=O)c4cnccn4)O[C@H]2C[C@H]2C[C@@H]3C2C)cc1. The average molecular weight is 940 g/mol. The second-order valence-corrected chi connectivity index (χ2v) is 19.5. The van der Waals surface area contributed by atoms with E-state index in [4.69, 9.17) is 9.31 Å². The third kappa shape index (κ3) is 10.1. The fourth-order valence-electron chi connectivity index (χ4n) is 10.4. The first-order valence-corrected chi connectivity index (χ1v) is 24.0. The van der Waals surface area contributed by atoms with E-state index in [2.05, 4.69) is 56.9 Å². The van der Waals surface area contributed by atoms with Gasteiger partial charge in [0.15, 0.2) is 5.82 Å². The first-order valence-electron chi connectivity index (χ1n) is 24.0. The fraction of sp³-hybridized carbons (Fsp3) is 0.451. The molecule has 17 nitrogen and oxygen atoms in total. The van der Waals surface area contributed by atoms with Gasteiger partial charge in [-0.05, 0) is 104 Å². The number of carbonyl (C=O) groups excluding carboxylic acids is 4. The highest BCUT2D eigenvalue weighted by Crippen LogP contribution is 2.61. The quantitative estimate of drug-likeness (QED) is 0.0648. The Hall–Kier alpha value is -6.66. The predicted molar refractivity (Wildman–Crippen MR) is 258 cm³/mol. The van der Waals surface area contributed by atoms with Crippen LogP contribution in [0.4, 0.5) is 0 Å². The molecule has 9 rings (SSSR count). The Morgan fingerprint density at radius 1 is 0.942 bits per heavy atom. The summed E-state index contributed by atoms with van der Waals surface area (Å²) in [5.41, 5.74) is 2.04. The van der Waals surface area contributed by atoms with Gasteiger partial charge in [-0.1, -0.05) is 65.0 Å². The van der Waals surface area contributed by atoms with Gasteiger partial charge in [-0.15, -0.1) is 10.2 Å². The van der Waals surface area contributed by atoms with Gasteiger partial charge in [0.05, 0.1) is 29.4 Å². The van der Waals surface area contributed by atoms with Crippen LogP contribution in [0.15, 0.2) is 85.3 Å². The van der Waals surface area contributed by atoms with Crippen LogP contribution >= 0.6 is 0 Å². The fourth-order valence-corrected chi connectivity index (χ4v) is 10.4. The van der Waals surface area contributed by atoms with Crippen molar-refractivity contribution in [3.05, 3.63) is 114 Å². The van der Waals surface area contributed by atoms with Crippen LogP contribution in [0, 0.1) is 23.7 Å². The van der Waals surface area contributed by atoms with Crippen molar-refractivity contribution in [2.45, 2.75) is 103 Å². The molecule has 1 unspecified atom stereocenters. The minimum absolute atomic E-state index is 0.0141. The van der Waals surface area contributed by atoms with Crippen LogP contribution in [0.2, 0.25) is 0 Å². The lowest BCUT2D eigenvalue weighted by Gasteiger charge is -2.60. The second kappa shape index (κ2) is 20.5. The number of amides is 4. The van der Waals surface area contributed by atoms with Crippen molar-refractivity contribution in [3.8, 4) is 28.6 Å². The molecule has 1 aliphatic heterocycles. The topological polar surface area (TPSA) is 223 Å². The van der Waals surface area contributed by atoms with E-state index >= 15 is 0 Å². The van der Waals surface area contributed by atoms with E-state index in [0.29, 0.717) is 54.6 Å². The third-order valence-electron chi connectivity index (χ3n) is 14.1. The summed E-state index contributed by atoms with van der Waals surface area (Å²) >= 11 is 0. The zero-order valence-electron chi connectivity index (χ0n) is 40.3. The van der Waals surface area contributed by atoms with Crippen LogP contribution in [-0.4, -0.2) is 114 Å². The Balaban J connectivity index is 1.00. The molecule has 5 N–H and O–H groups in total. The molecule has 362 valence electrons. The largest absolute Gasteiger partial charge is 0.508 e. The molecular formula is C51H62BN9O8. The first kappa shape index (κ1) is 48.8. The van der Waals surface area contributed by atoms with E-state index in [0.717, 1.165) is 18.4 Å². The number of rotatable bonds is 18. The molecule has 0 spiro atoms. The van der Waals surface area contributed by atoms with Crippen molar-refractivity contribution >= 4 is 30.7 Å². The van der Waals surface area contributed by atoms with Crippen molar-refractivity contribution < 1.29 is 38.7 Å². The molecule has 3 aliphatic carbocycles. The first-order chi connectivity index (χ1) is 33.1. The van der Waals surface area contributed by atoms with Gasteiger partial charge in [-0.25, -0.2) is 4.98 Å². The minimum Gasteiger partial charge on any atom is -0.508 e. The molecule has 5 aromatic rings. The molecule has 3 aromatic carbocycles. The number of hydrogen-bond acceptors (Lipinski definition) is 12. The maximum atomic E-state index is 14.3. The molecule has 2 aromatic heterocycles. The zero-order valence-corrected chi connectivity index (χ0v) is 40.3. The van der Waals surface area contributed by atoms with E-state index in [1.165, 1.54) is 29.2 Å². The maximum absolute atomic E-state index is 14.3. The molecule has 0 radical (unpaired) electrons. The normalized spacial score (nSPS) is 21.3. The number of benzene rings is 3. The summed E-state index contributed by atoms with van der Waals surface area (Å²) in [5.74, 6) is -1.05. The van der Waals surface area contributed by atoms with Crippen LogP contribution < -0.4 is 16.0 Å². The molecule has 4 fully saturated rings. The zero-order chi connectivity index (χ0) is 49.1. The number of nitrogens with one attached hydrogen (secondary N) is 3. The lowest BCUT2D eigenvalue weighted by molar-refractivity contribution is -0.166. The lowest BCUT2D eigenvalue weighted by Crippen LogP contribution is -2.63. The Labute approximate surface area is 403 Å². The summed E-state index contributed by atoms with van der Waals surface area (Å²) in [4.78, 5) is 65.0. The summed E-state index contributed by atoms with van der Waals surface area (Å²) in [6.07, 6.45) is 7.15. The predicted octanol–water partition coefficient (Wildman–Crippen LogP) is 5.90. The highest BCUT2D eigenvalue weighted by atomic mass is 16.7. The number of nitrogens with zero attached hydrogens (tertiary/aromatic N) is 6. The summed E-state index contributed by atoms with van der Waals surface area (Å²) in [6, 6.07) is 18.3. The van der Waals surface area contributed by atoms with Gasteiger partial charge in [-0.2, -0.15) is 0 Å². The smallest absolute Gasteiger partial charge is 0.481 e. The molecule has 18 heteroatoms. The maximum Gasteiger partial charge on any atom is 0.481 e. The molecule has 69 heavy (non-hydrogen) atoms. The number of carbonyl (C=O) groups is 4. The van der Waals surface area contributed by atoms with E-state index < -0.39 is 36.5 Å². The summed E-state index contributed by atoms with van der Waals surface area (Å²) in [6.45, 7) is 12.8. The third-order valence-corrected chi connectivity index (χ3v) is 14.1. The lowest BCUT2D eigenvalue weighted by atomic mass is 9.50. The van der Waals surface area contributed by atoms with Crippen LogP contribution in [0.25, 0.3) is 17.1 Å². The van der Waals surface area contributed by atoms with Crippen LogP contribution in [0.5, 0.6) is 11.5 Å². The molecule has 2 bridgehead atoms. The van der Waals surface area contributed by atoms with Crippen molar-refractivity contribution in [1.82, 2.24) is 45.6 Å². The van der Waals surface area contributed by atoms with Crippen molar-refractivity contribution in [1.29, 1.82) is 0 Å². The molecule has 1 saturated heterocycles. The molecule has 7 atom stereocenters. The number of phenols is 2. The van der Waals surface area contributed by atoms with Gasteiger partial charge in [0, 0.05) is 56.3 Å². The van der Waals surface area contributed by atoms with Crippen LogP contribution in [0.3, 0.4) is 0 Å². The van der Waals surface area contributed by atoms with Gasteiger partial charge in [0.2, 0.25) is 11.7 Å².